The Hall–Kier alpha value is -2.82. The Balaban J connectivity index is 2.07. The van der Waals surface area contributed by atoms with Gasteiger partial charge in [0.2, 0.25) is 0 Å². The predicted octanol–water partition coefficient (Wildman–Crippen LogP) is 2.94. The highest BCUT2D eigenvalue weighted by Gasteiger charge is 2.23. The number of nitrogens with zero attached hydrogens (tertiary/aromatic N) is 1. The second-order valence-corrected chi connectivity index (χ2v) is 5.08. The molecule has 2 rings (SSSR count). The van der Waals surface area contributed by atoms with Gasteiger partial charge in [-0.1, -0.05) is 30.3 Å². The van der Waals surface area contributed by atoms with E-state index in [0.29, 0.717) is 11.3 Å². The largest absolute Gasteiger partial charge is 0.449 e. The van der Waals surface area contributed by atoms with Crippen LogP contribution in [0.25, 0.3) is 0 Å². The average molecular weight is 312 g/mol. The lowest BCUT2D eigenvalue weighted by atomic mass is 10.2. The normalized spacial score (nSPS) is 11.4. The molecule has 0 aliphatic heterocycles. The van der Waals surface area contributed by atoms with Crippen LogP contribution >= 0.6 is 0 Å². The Labute approximate surface area is 135 Å². The van der Waals surface area contributed by atoms with E-state index in [1.165, 1.54) is 4.90 Å². The molecular formula is C18H20N2O3. The Kier molecular flexibility index (Phi) is 5.36. The fourth-order valence-electron chi connectivity index (χ4n) is 2.21. The molecule has 1 N–H and O–H groups in total. The van der Waals surface area contributed by atoms with Gasteiger partial charge in [0.15, 0.2) is 6.10 Å². The molecule has 0 aliphatic carbocycles. The number of likely N-dealkylation sites (N-methyl/N-ethyl adjacent to an activating group) is 1. The standard InChI is InChI=1S/C18H20N2O3/c1-13(17(21)20(3)14-9-5-4-6-10-14)23-18(22)15-11-7-8-12-16(15)19-2/h4-13,19H,1-3H3/t13-/m1/s1. The summed E-state index contributed by atoms with van der Waals surface area (Å²) in [5.74, 6) is -0.816. The Morgan fingerprint density at radius 3 is 2.30 bits per heavy atom. The molecule has 2 aromatic carbocycles. The van der Waals surface area contributed by atoms with Crippen LogP contribution in [-0.2, 0) is 9.53 Å². The van der Waals surface area contributed by atoms with Gasteiger partial charge >= 0.3 is 5.97 Å². The first-order valence-corrected chi connectivity index (χ1v) is 7.35. The monoisotopic (exact) mass is 312 g/mol. The van der Waals surface area contributed by atoms with Crippen molar-refractivity contribution in [3.63, 3.8) is 0 Å². The minimum Gasteiger partial charge on any atom is -0.449 e. The van der Waals surface area contributed by atoms with Gasteiger partial charge in [-0.05, 0) is 31.2 Å². The maximum atomic E-state index is 12.4. The van der Waals surface area contributed by atoms with Crippen molar-refractivity contribution >= 4 is 23.3 Å². The number of para-hydroxylation sites is 2. The van der Waals surface area contributed by atoms with Crippen LogP contribution in [0.5, 0.6) is 0 Å². The summed E-state index contributed by atoms with van der Waals surface area (Å²) in [5.41, 5.74) is 1.81. The van der Waals surface area contributed by atoms with Crippen LogP contribution in [0.1, 0.15) is 17.3 Å². The van der Waals surface area contributed by atoms with E-state index in [1.54, 1.807) is 39.2 Å². The molecule has 0 fully saturated rings. The third-order valence-electron chi connectivity index (χ3n) is 3.52. The van der Waals surface area contributed by atoms with Crippen LogP contribution in [-0.4, -0.2) is 32.1 Å². The van der Waals surface area contributed by atoms with Crippen molar-refractivity contribution in [1.82, 2.24) is 0 Å². The van der Waals surface area contributed by atoms with Crippen LogP contribution in [0.15, 0.2) is 54.6 Å². The Morgan fingerprint density at radius 2 is 1.65 bits per heavy atom. The molecule has 0 spiro atoms. The average Bonchev–Trinajstić information content (AvgIpc) is 2.60. The Morgan fingerprint density at radius 1 is 1.04 bits per heavy atom. The Bertz CT molecular complexity index is 686. The number of benzene rings is 2. The number of carbonyl (C=O) groups excluding carboxylic acids is 2. The minimum absolute atomic E-state index is 0.286. The molecule has 1 atom stereocenters. The van der Waals surface area contributed by atoms with E-state index >= 15 is 0 Å². The van der Waals surface area contributed by atoms with E-state index in [9.17, 15) is 9.59 Å². The van der Waals surface area contributed by atoms with E-state index in [-0.39, 0.29) is 5.91 Å². The molecule has 0 radical (unpaired) electrons. The number of amides is 1. The lowest BCUT2D eigenvalue weighted by Gasteiger charge is -2.21. The summed E-state index contributed by atoms with van der Waals surface area (Å²) < 4.78 is 5.31. The van der Waals surface area contributed by atoms with Crippen LogP contribution in [0.3, 0.4) is 0 Å². The fraction of sp³-hybridized carbons (Fsp3) is 0.222. The highest BCUT2D eigenvalue weighted by Crippen LogP contribution is 2.18. The molecule has 0 aromatic heterocycles. The van der Waals surface area contributed by atoms with Crippen LogP contribution in [0, 0.1) is 0 Å². The maximum Gasteiger partial charge on any atom is 0.341 e. The number of hydrogen-bond acceptors (Lipinski definition) is 4. The quantitative estimate of drug-likeness (QED) is 0.862. The molecule has 0 unspecified atom stereocenters. The molecule has 2 aromatic rings. The number of anilines is 2. The number of esters is 1. The topological polar surface area (TPSA) is 58.6 Å². The lowest BCUT2D eigenvalue weighted by molar-refractivity contribution is -0.126. The highest BCUT2D eigenvalue weighted by atomic mass is 16.5. The van der Waals surface area contributed by atoms with Gasteiger partial charge in [0, 0.05) is 25.5 Å². The summed E-state index contributed by atoms with van der Waals surface area (Å²) >= 11 is 0. The van der Waals surface area contributed by atoms with E-state index in [4.69, 9.17) is 4.74 Å². The summed E-state index contributed by atoms with van der Waals surface area (Å²) in [7, 11) is 3.38. The van der Waals surface area contributed by atoms with E-state index < -0.39 is 12.1 Å². The predicted molar refractivity (Wildman–Crippen MR) is 90.7 cm³/mol. The molecule has 5 nitrogen and oxygen atoms in total. The molecule has 0 saturated heterocycles. The zero-order valence-electron chi connectivity index (χ0n) is 13.4. The molecule has 0 heterocycles. The van der Waals surface area contributed by atoms with E-state index in [0.717, 1.165) is 5.69 Å². The van der Waals surface area contributed by atoms with Crippen molar-refractivity contribution < 1.29 is 14.3 Å². The van der Waals surface area contributed by atoms with Crippen LogP contribution in [0.4, 0.5) is 11.4 Å². The van der Waals surface area contributed by atoms with Gasteiger partial charge in [0.25, 0.3) is 5.91 Å². The summed E-state index contributed by atoms with van der Waals surface area (Å²) in [6.45, 7) is 1.57. The number of ether oxygens (including phenoxy) is 1. The van der Waals surface area contributed by atoms with Gasteiger partial charge in [-0.2, -0.15) is 0 Å². The second-order valence-electron chi connectivity index (χ2n) is 5.08. The first-order chi connectivity index (χ1) is 11.0. The van der Waals surface area contributed by atoms with Crippen molar-refractivity contribution in [2.45, 2.75) is 13.0 Å². The zero-order valence-corrected chi connectivity index (χ0v) is 13.4. The van der Waals surface area contributed by atoms with Gasteiger partial charge in [-0.25, -0.2) is 4.79 Å². The number of rotatable bonds is 5. The zero-order chi connectivity index (χ0) is 16.8. The molecule has 0 bridgehead atoms. The van der Waals surface area contributed by atoms with Gasteiger partial charge in [-0.15, -0.1) is 0 Å². The summed E-state index contributed by atoms with van der Waals surface area (Å²) in [4.78, 5) is 26.1. The van der Waals surface area contributed by atoms with Gasteiger partial charge in [0.1, 0.15) is 0 Å². The first kappa shape index (κ1) is 16.5. The molecule has 23 heavy (non-hydrogen) atoms. The van der Waals surface area contributed by atoms with Crippen LogP contribution < -0.4 is 10.2 Å². The summed E-state index contributed by atoms with van der Waals surface area (Å²) in [6.07, 6.45) is -0.877. The van der Waals surface area contributed by atoms with Gasteiger partial charge < -0.3 is 15.0 Å². The third kappa shape index (κ3) is 3.88. The molecule has 1 amide bonds. The van der Waals surface area contributed by atoms with Crippen molar-refractivity contribution in [3.8, 4) is 0 Å². The molecule has 120 valence electrons. The van der Waals surface area contributed by atoms with Gasteiger partial charge in [-0.3, -0.25) is 4.79 Å². The van der Waals surface area contributed by atoms with E-state index in [1.807, 2.05) is 36.4 Å². The smallest absolute Gasteiger partial charge is 0.341 e. The summed E-state index contributed by atoms with van der Waals surface area (Å²) in [5, 5.41) is 2.93. The number of hydrogen-bond donors (Lipinski definition) is 1. The molecular weight excluding hydrogens is 292 g/mol. The first-order valence-electron chi connectivity index (χ1n) is 7.35. The highest BCUT2D eigenvalue weighted by molar-refractivity contribution is 6.00. The molecule has 5 heteroatoms. The number of nitrogens with one attached hydrogen (secondary N) is 1. The molecule has 0 saturated carbocycles. The second kappa shape index (κ2) is 7.45. The van der Waals surface area contributed by atoms with Crippen LogP contribution in [0.2, 0.25) is 0 Å². The fourth-order valence-corrected chi connectivity index (χ4v) is 2.21. The van der Waals surface area contributed by atoms with Crippen molar-refractivity contribution in [3.05, 3.63) is 60.2 Å². The van der Waals surface area contributed by atoms with E-state index in [2.05, 4.69) is 5.32 Å². The molecule has 0 aliphatic rings. The van der Waals surface area contributed by atoms with Crippen molar-refractivity contribution in [2.24, 2.45) is 0 Å². The SMILES string of the molecule is CNc1ccccc1C(=O)O[C@H](C)C(=O)N(C)c1ccccc1. The summed E-state index contributed by atoms with van der Waals surface area (Å²) in [6, 6.07) is 16.2. The third-order valence-corrected chi connectivity index (χ3v) is 3.52. The lowest BCUT2D eigenvalue weighted by Crippen LogP contribution is -2.37. The van der Waals surface area contributed by atoms with Crippen molar-refractivity contribution in [2.75, 3.05) is 24.3 Å². The van der Waals surface area contributed by atoms with Crippen molar-refractivity contribution in [1.29, 1.82) is 0 Å². The minimum atomic E-state index is -0.877. The maximum absolute atomic E-state index is 12.4. The number of carbonyl (C=O) groups is 2. The van der Waals surface area contributed by atoms with Gasteiger partial charge in [0.05, 0.1) is 5.56 Å².